The maximum absolute atomic E-state index is 11.1. The first-order chi connectivity index (χ1) is 5.83. The molecule has 1 atom stereocenters. The molecule has 1 unspecified atom stereocenters. The molecule has 4 heteroatoms. The molecule has 60 valence electrons. The molecule has 0 bridgehead atoms. The van der Waals surface area contributed by atoms with Crippen molar-refractivity contribution < 1.29 is 4.79 Å². The molecule has 0 spiro atoms. The van der Waals surface area contributed by atoms with Crippen LogP contribution in [0.25, 0.3) is 0 Å². The minimum Gasteiger partial charge on any atom is -0.323 e. The lowest BCUT2D eigenvalue weighted by atomic mass is 10.1. The summed E-state index contributed by atoms with van der Waals surface area (Å²) in [4.78, 5) is 21.3. The van der Waals surface area contributed by atoms with Crippen LogP contribution in [0.1, 0.15) is 11.6 Å². The quantitative estimate of drug-likeness (QED) is 0.635. The van der Waals surface area contributed by atoms with Gasteiger partial charge >= 0.3 is 0 Å². The monoisotopic (exact) mass is 162 g/mol. The van der Waals surface area contributed by atoms with Gasteiger partial charge in [-0.3, -0.25) is 4.79 Å². The number of amides is 1. The van der Waals surface area contributed by atoms with Crippen molar-refractivity contribution in [3.8, 4) is 0 Å². The van der Waals surface area contributed by atoms with E-state index in [0.29, 0.717) is 11.3 Å². The number of hydrogen-bond acceptors (Lipinski definition) is 3. The zero-order valence-electron chi connectivity index (χ0n) is 6.15. The number of nitrogens with zero attached hydrogens (tertiary/aromatic N) is 1. The molecular weight excluding hydrogens is 156 g/mol. The molecular formula is C8H6N2O2. The van der Waals surface area contributed by atoms with Crippen LogP contribution in [0.3, 0.4) is 0 Å². The van der Waals surface area contributed by atoms with Crippen LogP contribution in [0.4, 0.5) is 5.69 Å². The fourth-order valence-electron chi connectivity index (χ4n) is 1.30. The Balaban J connectivity index is 2.54. The zero-order valence-corrected chi connectivity index (χ0v) is 6.15. The van der Waals surface area contributed by atoms with E-state index in [1.54, 1.807) is 24.3 Å². The summed E-state index contributed by atoms with van der Waals surface area (Å²) < 4.78 is 0. The average molecular weight is 162 g/mol. The summed E-state index contributed by atoms with van der Waals surface area (Å²) in [7, 11) is 0. The summed E-state index contributed by atoms with van der Waals surface area (Å²) in [5, 5.41) is 5.31. The Labute approximate surface area is 68.6 Å². The highest BCUT2D eigenvalue weighted by atomic mass is 16.3. The molecule has 1 aromatic carbocycles. The Morgan fingerprint density at radius 2 is 2.08 bits per heavy atom. The van der Waals surface area contributed by atoms with Gasteiger partial charge in [-0.25, -0.2) is 0 Å². The van der Waals surface area contributed by atoms with Gasteiger partial charge in [0.25, 0.3) is 5.91 Å². The molecule has 12 heavy (non-hydrogen) atoms. The number of carbonyl (C=O) groups is 1. The summed E-state index contributed by atoms with van der Waals surface area (Å²) in [6.45, 7) is 0. The third-order valence-corrected chi connectivity index (χ3v) is 1.87. The van der Waals surface area contributed by atoms with Gasteiger partial charge in [0.05, 0.1) is 0 Å². The van der Waals surface area contributed by atoms with E-state index in [2.05, 4.69) is 10.5 Å². The van der Waals surface area contributed by atoms with Gasteiger partial charge in [-0.1, -0.05) is 23.4 Å². The van der Waals surface area contributed by atoms with E-state index >= 15 is 0 Å². The van der Waals surface area contributed by atoms with Crippen molar-refractivity contribution >= 4 is 11.6 Å². The summed E-state index contributed by atoms with van der Waals surface area (Å²) in [5.41, 5.74) is 1.35. The van der Waals surface area contributed by atoms with Crippen LogP contribution in [0.5, 0.6) is 0 Å². The smallest absolute Gasteiger partial charge is 0.257 e. The Kier molecular flexibility index (Phi) is 1.40. The van der Waals surface area contributed by atoms with E-state index < -0.39 is 6.04 Å². The van der Waals surface area contributed by atoms with Crippen molar-refractivity contribution in [1.82, 2.24) is 0 Å². The van der Waals surface area contributed by atoms with Gasteiger partial charge in [-0.2, -0.15) is 0 Å². The highest BCUT2D eigenvalue weighted by Crippen LogP contribution is 2.32. The first-order valence-corrected chi connectivity index (χ1v) is 3.55. The van der Waals surface area contributed by atoms with Gasteiger partial charge in [0.15, 0.2) is 6.04 Å². The number of nitroso groups, excluding NO2 is 1. The lowest BCUT2D eigenvalue weighted by Crippen LogP contribution is -2.09. The van der Waals surface area contributed by atoms with E-state index in [-0.39, 0.29) is 5.91 Å². The standard InChI is InChI=1S/C8H6N2O2/c11-8-7(10-12)5-3-1-2-4-6(5)9-8/h1-4,7H,(H,9,11). The Hall–Kier alpha value is -1.71. The van der Waals surface area contributed by atoms with Crippen molar-refractivity contribution in [2.24, 2.45) is 5.18 Å². The fourth-order valence-corrected chi connectivity index (χ4v) is 1.30. The number of carbonyl (C=O) groups excluding carboxylic acids is 1. The number of rotatable bonds is 1. The molecule has 1 aliphatic heterocycles. The molecule has 0 radical (unpaired) electrons. The fraction of sp³-hybridized carbons (Fsp3) is 0.125. The van der Waals surface area contributed by atoms with E-state index in [4.69, 9.17) is 0 Å². The first kappa shape index (κ1) is 6.97. The number of hydrogen-bond donors (Lipinski definition) is 1. The van der Waals surface area contributed by atoms with Gasteiger partial charge in [0.2, 0.25) is 0 Å². The topological polar surface area (TPSA) is 58.5 Å². The van der Waals surface area contributed by atoms with Crippen LogP contribution in [0, 0.1) is 4.91 Å². The maximum Gasteiger partial charge on any atom is 0.257 e. The molecule has 1 aromatic rings. The Morgan fingerprint density at radius 3 is 2.83 bits per heavy atom. The van der Waals surface area contributed by atoms with Gasteiger partial charge in [-0.15, -0.1) is 4.91 Å². The minimum absolute atomic E-state index is 0.341. The molecule has 0 aromatic heterocycles. The van der Waals surface area contributed by atoms with Crippen LogP contribution < -0.4 is 5.32 Å². The van der Waals surface area contributed by atoms with E-state index in [1.807, 2.05) is 0 Å². The van der Waals surface area contributed by atoms with Gasteiger partial charge in [0, 0.05) is 11.3 Å². The highest BCUT2D eigenvalue weighted by molar-refractivity contribution is 6.02. The molecule has 1 N–H and O–H groups in total. The van der Waals surface area contributed by atoms with Crippen LogP contribution >= 0.6 is 0 Å². The van der Waals surface area contributed by atoms with Crippen molar-refractivity contribution in [3.05, 3.63) is 34.7 Å². The largest absolute Gasteiger partial charge is 0.323 e. The second-order valence-corrected chi connectivity index (χ2v) is 2.58. The minimum atomic E-state index is -0.860. The molecule has 2 rings (SSSR count). The van der Waals surface area contributed by atoms with Crippen molar-refractivity contribution in [3.63, 3.8) is 0 Å². The summed E-state index contributed by atoms with van der Waals surface area (Å²) in [6.07, 6.45) is 0. The van der Waals surface area contributed by atoms with E-state index in [1.165, 1.54) is 0 Å². The third kappa shape index (κ3) is 0.812. The lowest BCUT2D eigenvalue weighted by Gasteiger charge is -1.95. The van der Waals surface area contributed by atoms with Gasteiger partial charge < -0.3 is 5.32 Å². The third-order valence-electron chi connectivity index (χ3n) is 1.87. The molecule has 0 aliphatic carbocycles. The summed E-state index contributed by atoms with van der Waals surface area (Å²) in [6, 6.07) is 6.18. The molecule has 0 saturated carbocycles. The van der Waals surface area contributed by atoms with Crippen LogP contribution in [0.2, 0.25) is 0 Å². The van der Waals surface area contributed by atoms with Crippen LogP contribution in [-0.2, 0) is 4.79 Å². The van der Waals surface area contributed by atoms with Gasteiger partial charge in [-0.05, 0) is 6.07 Å². The normalized spacial score (nSPS) is 20.0. The van der Waals surface area contributed by atoms with Crippen molar-refractivity contribution in [2.45, 2.75) is 6.04 Å². The van der Waals surface area contributed by atoms with Crippen LogP contribution in [0.15, 0.2) is 29.4 Å². The maximum atomic E-state index is 11.1. The van der Waals surface area contributed by atoms with Crippen LogP contribution in [-0.4, -0.2) is 5.91 Å². The molecule has 1 aliphatic rings. The predicted molar refractivity (Wildman–Crippen MR) is 43.6 cm³/mol. The predicted octanol–water partition coefficient (Wildman–Crippen LogP) is 1.45. The second-order valence-electron chi connectivity index (χ2n) is 2.58. The average Bonchev–Trinajstić information content (AvgIpc) is 2.40. The molecule has 4 nitrogen and oxygen atoms in total. The lowest BCUT2D eigenvalue weighted by molar-refractivity contribution is -0.116. The molecule has 1 amide bonds. The highest BCUT2D eigenvalue weighted by Gasteiger charge is 2.30. The number of para-hydroxylation sites is 1. The number of fused-ring (bicyclic) bond motifs is 1. The van der Waals surface area contributed by atoms with E-state index in [9.17, 15) is 9.70 Å². The Morgan fingerprint density at radius 1 is 1.33 bits per heavy atom. The molecule has 0 saturated heterocycles. The number of nitrogens with one attached hydrogen (secondary N) is 1. The molecule has 1 heterocycles. The van der Waals surface area contributed by atoms with Gasteiger partial charge in [0.1, 0.15) is 0 Å². The summed E-state index contributed by atoms with van der Waals surface area (Å²) >= 11 is 0. The number of anilines is 1. The SMILES string of the molecule is O=NC1C(=O)Nc2ccccc21. The molecule has 0 fully saturated rings. The van der Waals surface area contributed by atoms with E-state index in [0.717, 1.165) is 0 Å². The Bertz CT molecular complexity index is 349. The van der Waals surface area contributed by atoms with Crippen molar-refractivity contribution in [2.75, 3.05) is 5.32 Å². The second kappa shape index (κ2) is 2.41. The zero-order chi connectivity index (χ0) is 8.55. The van der Waals surface area contributed by atoms with Crippen molar-refractivity contribution in [1.29, 1.82) is 0 Å². The summed E-state index contributed by atoms with van der Waals surface area (Å²) in [5.74, 6) is -0.341. The first-order valence-electron chi connectivity index (χ1n) is 3.55. The number of benzene rings is 1.